The normalized spacial score (nSPS) is 18.5. The molecule has 6 heteroatoms. The van der Waals surface area contributed by atoms with Crippen molar-refractivity contribution in [2.45, 2.75) is 24.5 Å². The van der Waals surface area contributed by atoms with E-state index in [1.54, 1.807) is 24.3 Å². The molecule has 1 N–H and O–H groups in total. The quantitative estimate of drug-likeness (QED) is 0.678. The third kappa shape index (κ3) is 3.23. The minimum absolute atomic E-state index is 0.256. The SMILES string of the molecule is Cc1ccccc1CN1[C@H](c2ccccc2Cl)Nc2ccccc2S1(=O)=O. The molecule has 0 saturated carbocycles. The van der Waals surface area contributed by atoms with E-state index in [0.717, 1.165) is 16.7 Å². The van der Waals surface area contributed by atoms with E-state index in [4.69, 9.17) is 11.6 Å². The Morgan fingerprint density at radius 2 is 1.63 bits per heavy atom. The summed E-state index contributed by atoms with van der Waals surface area (Å²) in [5, 5.41) is 3.89. The number of nitrogens with one attached hydrogen (secondary N) is 1. The van der Waals surface area contributed by atoms with E-state index in [1.807, 2.05) is 55.5 Å². The second-order valence-corrected chi connectivity index (χ2v) is 8.81. The van der Waals surface area contributed by atoms with E-state index in [1.165, 1.54) is 4.31 Å². The lowest BCUT2D eigenvalue weighted by atomic mass is 10.1. The molecular formula is C21H19ClN2O2S. The zero-order valence-electron chi connectivity index (χ0n) is 14.8. The lowest BCUT2D eigenvalue weighted by Crippen LogP contribution is -2.42. The second-order valence-electron chi connectivity index (χ2n) is 6.54. The zero-order valence-corrected chi connectivity index (χ0v) is 16.3. The molecular weight excluding hydrogens is 380 g/mol. The number of hydrogen-bond acceptors (Lipinski definition) is 3. The molecule has 1 heterocycles. The predicted octanol–water partition coefficient (Wildman–Crippen LogP) is 4.96. The highest BCUT2D eigenvalue weighted by molar-refractivity contribution is 7.89. The van der Waals surface area contributed by atoms with Gasteiger partial charge in [-0.25, -0.2) is 8.42 Å². The summed E-state index contributed by atoms with van der Waals surface area (Å²) < 4.78 is 28.4. The van der Waals surface area contributed by atoms with E-state index in [0.29, 0.717) is 10.7 Å². The molecule has 0 fully saturated rings. The summed E-state index contributed by atoms with van der Waals surface area (Å²) in [7, 11) is -3.70. The van der Waals surface area contributed by atoms with Gasteiger partial charge in [0.15, 0.2) is 0 Å². The maximum Gasteiger partial charge on any atom is 0.247 e. The van der Waals surface area contributed by atoms with E-state index >= 15 is 0 Å². The number of hydrogen-bond donors (Lipinski definition) is 1. The summed E-state index contributed by atoms with van der Waals surface area (Å²) in [6, 6.07) is 22.1. The smallest absolute Gasteiger partial charge is 0.247 e. The first-order valence-corrected chi connectivity index (χ1v) is 10.5. The van der Waals surface area contributed by atoms with Crippen LogP contribution < -0.4 is 5.32 Å². The van der Waals surface area contributed by atoms with Crippen molar-refractivity contribution in [1.29, 1.82) is 0 Å². The van der Waals surface area contributed by atoms with Crippen molar-refractivity contribution in [3.8, 4) is 0 Å². The van der Waals surface area contributed by atoms with Crippen molar-refractivity contribution in [3.05, 3.63) is 94.5 Å². The number of fused-ring (bicyclic) bond motifs is 1. The van der Waals surface area contributed by atoms with Crippen LogP contribution in [-0.2, 0) is 16.6 Å². The monoisotopic (exact) mass is 398 g/mol. The van der Waals surface area contributed by atoms with Crippen LogP contribution in [0.4, 0.5) is 5.69 Å². The lowest BCUT2D eigenvalue weighted by Gasteiger charge is -2.38. The Labute approximate surface area is 164 Å². The highest BCUT2D eigenvalue weighted by Gasteiger charge is 2.39. The Hall–Kier alpha value is -2.34. The summed E-state index contributed by atoms with van der Waals surface area (Å²) in [4.78, 5) is 0.280. The fourth-order valence-corrected chi connectivity index (χ4v) is 5.26. The molecule has 3 aromatic carbocycles. The molecule has 3 aromatic rings. The van der Waals surface area contributed by atoms with Gasteiger partial charge in [0.25, 0.3) is 0 Å². The van der Waals surface area contributed by atoms with Crippen molar-refractivity contribution in [3.63, 3.8) is 0 Å². The first-order valence-electron chi connectivity index (χ1n) is 8.65. The molecule has 0 bridgehead atoms. The number of nitrogens with zero attached hydrogens (tertiary/aromatic N) is 1. The summed E-state index contributed by atoms with van der Waals surface area (Å²) >= 11 is 6.42. The molecule has 0 aliphatic carbocycles. The average Bonchev–Trinajstić information content (AvgIpc) is 2.66. The molecule has 138 valence electrons. The summed E-state index contributed by atoms with van der Waals surface area (Å²) in [6.07, 6.45) is -0.585. The molecule has 27 heavy (non-hydrogen) atoms. The van der Waals surface area contributed by atoms with E-state index in [9.17, 15) is 8.42 Å². The fourth-order valence-electron chi connectivity index (χ4n) is 3.36. The van der Waals surface area contributed by atoms with Crippen molar-refractivity contribution in [1.82, 2.24) is 4.31 Å². The molecule has 0 radical (unpaired) electrons. The van der Waals surface area contributed by atoms with Gasteiger partial charge in [0.1, 0.15) is 11.1 Å². The van der Waals surface area contributed by atoms with Gasteiger partial charge in [-0.1, -0.05) is 66.2 Å². The molecule has 4 nitrogen and oxygen atoms in total. The van der Waals surface area contributed by atoms with Crippen LogP contribution in [-0.4, -0.2) is 12.7 Å². The maximum absolute atomic E-state index is 13.5. The fraction of sp³-hybridized carbons (Fsp3) is 0.143. The molecule has 0 unspecified atom stereocenters. The Balaban J connectivity index is 1.88. The van der Waals surface area contributed by atoms with Crippen LogP contribution in [0.3, 0.4) is 0 Å². The molecule has 0 spiro atoms. The van der Waals surface area contributed by atoms with Gasteiger partial charge in [-0.3, -0.25) is 0 Å². The van der Waals surface area contributed by atoms with Gasteiger partial charge in [0, 0.05) is 17.1 Å². The highest BCUT2D eigenvalue weighted by Crippen LogP contribution is 2.40. The number of benzene rings is 3. The largest absolute Gasteiger partial charge is 0.364 e. The third-order valence-electron chi connectivity index (χ3n) is 4.84. The van der Waals surface area contributed by atoms with Gasteiger partial charge in [0.05, 0.1) is 5.69 Å². The topological polar surface area (TPSA) is 49.4 Å². The van der Waals surface area contributed by atoms with Gasteiger partial charge in [-0.2, -0.15) is 4.31 Å². The zero-order chi connectivity index (χ0) is 19.0. The molecule has 1 aliphatic rings. The number of para-hydroxylation sites is 1. The van der Waals surface area contributed by atoms with E-state index in [-0.39, 0.29) is 11.4 Å². The van der Waals surface area contributed by atoms with Crippen LogP contribution in [0, 0.1) is 6.92 Å². The molecule has 1 aliphatic heterocycles. The number of aryl methyl sites for hydroxylation is 1. The maximum atomic E-state index is 13.5. The number of anilines is 1. The van der Waals surface area contributed by atoms with Crippen LogP contribution in [0.15, 0.2) is 77.7 Å². The van der Waals surface area contributed by atoms with Crippen LogP contribution >= 0.6 is 11.6 Å². The van der Waals surface area contributed by atoms with Crippen molar-refractivity contribution < 1.29 is 8.42 Å². The molecule has 0 saturated heterocycles. The summed E-state index contributed by atoms with van der Waals surface area (Å²) in [6.45, 7) is 2.24. The number of rotatable bonds is 3. The Kier molecular flexibility index (Phi) is 4.68. The van der Waals surface area contributed by atoms with Crippen LogP contribution in [0.2, 0.25) is 5.02 Å². The van der Waals surface area contributed by atoms with Crippen molar-refractivity contribution in [2.75, 3.05) is 5.32 Å². The molecule has 0 aromatic heterocycles. The first kappa shape index (κ1) is 18.0. The van der Waals surface area contributed by atoms with Crippen LogP contribution in [0.5, 0.6) is 0 Å². The van der Waals surface area contributed by atoms with Crippen LogP contribution in [0.1, 0.15) is 22.9 Å². The minimum Gasteiger partial charge on any atom is -0.364 e. The van der Waals surface area contributed by atoms with Gasteiger partial charge < -0.3 is 5.32 Å². The Morgan fingerprint density at radius 1 is 0.963 bits per heavy atom. The third-order valence-corrected chi connectivity index (χ3v) is 7.05. The average molecular weight is 399 g/mol. The summed E-state index contributed by atoms with van der Waals surface area (Å²) in [5.74, 6) is 0. The van der Waals surface area contributed by atoms with Crippen molar-refractivity contribution in [2.24, 2.45) is 0 Å². The van der Waals surface area contributed by atoms with Gasteiger partial charge in [-0.05, 0) is 36.2 Å². The second kappa shape index (κ2) is 7.00. The highest BCUT2D eigenvalue weighted by atomic mass is 35.5. The predicted molar refractivity (Wildman–Crippen MR) is 108 cm³/mol. The van der Waals surface area contributed by atoms with E-state index < -0.39 is 16.2 Å². The molecule has 4 rings (SSSR count). The van der Waals surface area contributed by atoms with Gasteiger partial charge >= 0.3 is 0 Å². The van der Waals surface area contributed by atoms with Crippen molar-refractivity contribution >= 4 is 27.3 Å². The number of sulfonamides is 1. The molecule has 0 amide bonds. The van der Waals surface area contributed by atoms with Crippen LogP contribution in [0.25, 0.3) is 0 Å². The lowest BCUT2D eigenvalue weighted by molar-refractivity contribution is 0.336. The molecule has 1 atom stereocenters. The first-order chi connectivity index (χ1) is 13.0. The van der Waals surface area contributed by atoms with Gasteiger partial charge in [0.2, 0.25) is 10.0 Å². The van der Waals surface area contributed by atoms with Gasteiger partial charge in [-0.15, -0.1) is 0 Å². The number of halogens is 1. The minimum atomic E-state index is -3.70. The standard InChI is InChI=1S/C21H19ClN2O2S/c1-15-8-2-3-9-16(15)14-24-21(17-10-4-5-11-18(17)22)23-19-12-6-7-13-20(19)27(24,25)26/h2-13,21,23H,14H2,1H3/t21-/m1/s1. The Morgan fingerprint density at radius 3 is 2.41 bits per heavy atom. The van der Waals surface area contributed by atoms with E-state index in [2.05, 4.69) is 5.32 Å². The summed E-state index contributed by atoms with van der Waals surface area (Å²) in [5.41, 5.74) is 3.32. The Bertz CT molecular complexity index is 1100.